The van der Waals surface area contributed by atoms with E-state index in [1.165, 1.54) is 0 Å². The highest BCUT2D eigenvalue weighted by Gasteiger charge is 2.19. The normalized spacial score (nSPS) is 16.3. The minimum Gasteiger partial charge on any atom is -0.491 e. The van der Waals surface area contributed by atoms with Crippen LogP contribution in [0.5, 0.6) is 5.75 Å². The largest absolute Gasteiger partial charge is 0.491 e. The van der Waals surface area contributed by atoms with E-state index in [0.29, 0.717) is 17.9 Å². The third-order valence-electron chi connectivity index (χ3n) is 5.78. The van der Waals surface area contributed by atoms with Gasteiger partial charge in [-0.1, -0.05) is 36.4 Å². The van der Waals surface area contributed by atoms with E-state index in [1.807, 2.05) is 42.5 Å². The van der Waals surface area contributed by atoms with Crippen molar-refractivity contribution in [2.24, 2.45) is 5.73 Å². The summed E-state index contributed by atoms with van der Waals surface area (Å²) in [5.41, 5.74) is 7.77. The number of fused-ring (bicyclic) bond motifs is 1. The molecule has 1 fully saturated rings. The van der Waals surface area contributed by atoms with Gasteiger partial charge in [0.05, 0.1) is 6.10 Å². The van der Waals surface area contributed by atoms with Crippen LogP contribution in [0.4, 0.5) is 0 Å². The number of nitrogens with two attached hydrogens (primary N) is 1. The number of aliphatic hydroxyl groups is 2. The number of β-amino-alcohol motifs (C(OH)–C–C–N with tert-alkyl or cyclic N) is 1. The molecule has 162 valence electrons. The summed E-state index contributed by atoms with van der Waals surface area (Å²) in [7, 11) is 0. The number of amides is 1. The van der Waals surface area contributed by atoms with Gasteiger partial charge in [0.25, 0.3) is 0 Å². The van der Waals surface area contributed by atoms with Crippen molar-refractivity contribution in [2.45, 2.75) is 25.0 Å². The Labute approximate surface area is 181 Å². The first-order valence-electron chi connectivity index (χ1n) is 10.6. The molecule has 1 unspecified atom stereocenters. The fourth-order valence-electron chi connectivity index (χ4n) is 4.06. The number of rotatable bonds is 7. The van der Waals surface area contributed by atoms with Gasteiger partial charge in [-0.3, -0.25) is 4.79 Å². The molecule has 0 spiro atoms. The highest BCUT2D eigenvalue weighted by molar-refractivity contribution is 5.99. The van der Waals surface area contributed by atoms with Gasteiger partial charge in [0.1, 0.15) is 18.5 Å². The zero-order chi connectivity index (χ0) is 21.8. The topological polar surface area (TPSA) is 96.0 Å². The third-order valence-corrected chi connectivity index (χ3v) is 5.78. The average molecular weight is 421 g/mol. The molecule has 1 saturated heterocycles. The Balaban J connectivity index is 1.51. The molecule has 0 aromatic heterocycles. The van der Waals surface area contributed by atoms with Crippen molar-refractivity contribution in [3.05, 3.63) is 66.2 Å². The van der Waals surface area contributed by atoms with Crippen molar-refractivity contribution in [3.8, 4) is 16.9 Å². The summed E-state index contributed by atoms with van der Waals surface area (Å²) in [6.45, 7) is 2.30. The Kier molecular flexibility index (Phi) is 6.51. The Morgan fingerprint density at radius 1 is 1.10 bits per heavy atom. The molecular weight excluding hydrogens is 392 g/mol. The minimum absolute atomic E-state index is 0.192. The summed E-state index contributed by atoms with van der Waals surface area (Å²) in [6.07, 6.45) is 0.657. The van der Waals surface area contributed by atoms with Crippen molar-refractivity contribution in [3.63, 3.8) is 0 Å². The number of primary amides is 1. The van der Waals surface area contributed by atoms with Crippen molar-refractivity contribution in [1.82, 2.24) is 4.90 Å². The van der Waals surface area contributed by atoms with E-state index in [-0.39, 0.29) is 12.7 Å². The van der Waals surface area contributed by atoms with Gasteiger partial charge in [-0.25, -0.2) is 0 Å². The first kappa shape index (κ1) is 21.3. The predicted molar refractivity (Wildman–Crippen MR) is 121 cm³/mol. The first-order valence-corrected chi connectivity index (χ1v) is 10.6. The monoisotopic (exact) mass is 420 g/mol. The van der Waals surface area contributed by atoms with Gasteiger partial charge >= 0.3 is 0 Å². The van der Waals surface area contributed by atoms with E-state index in [1.54, 1.807) is 12.1 Å². The number of benzene rings is 3. The lowest BCUT2D eigenvalue weighted by molar-refractivity contribution is 0.0338. The first-order chi connectivity index (χ1) is 15.0. The Hall–Kier alpha value is -2.93. The standard InChI is InChI=1S/C25H28N2O4/c26-25(30)18-7-5-17(6-8-18)24-14-22(13-19-3-1-2-4-23(19)24)31-16-21(29)15-27-11-9-20(28)10-12-27/h1-8,13-14,20-21,28-29H,9-12,15-16H2,(H2,26,30). The summed E-state index contributed by atoms with van der Waals surface area (Å²) in [4.78, 5) is 13.5. The lowest BCUT2D eigenvalue weighted by Gasteiger charge is -2.30. The molecule has 4 rings (SSSR count). The van der Waals surface area contributed by atoms with Crippen LogP contribution in [0.1, 0.15) is 23.2 Å². The van der Waals surface area contributed by atoms with E-state index in [9.17, 15) is 15.0 Å². The van der Waals surface area contributed by atoms with Gasteiger partial charge in [0.2, 0.25) is 5.91 Å². The van der Waals surface area contributed by atoms with Gasteiger partial charge in [-0.15, -0.1) is 0 Å². The molecule has 3 aromatic rings. The van der Waals surface area contributed by atoms with E-state index < -0.39 is 12.0 Å². The number of hydrogen-bond donors (Lipinski definition) is 3. The van der Waals surface area contributed by atoms with E-state index >= 15 is 0 Å². The van der Waals surface area contributed by atoms with E-state index in [4.69, 9.17) is 10.5 Å². The molecule has 0 bridgehead atoms. The van der Waals surface area contributed by atoms with Crippen LogP contribution < -0.4 is 10.5 Å². The lowest BCUT2D eigenvalue weighted by Crippen LogP contribution is -2.41. The zero-order valence-corrected chi connectivity index (χ0v) is 17.4. The molecule has 1 aliphatic rings. The van der Waals surface area contributed by atoms with Gasteiger partial charge in [0, 0.05) is 25.2 Å². The maximum atomic E-state index is 11.4. The molecular formula is C25H28N2O4. The SMILES string of the molecule is NC(=O)c1ccc(-c2cc(OCC(O)CN3CCC(O)CC3)cc3ccccc23)cc1. The second-order valence-electron chi connectivity index (χ2n) is 8.13. The van der Waals surface area contributed by atoms with Crippen molar-refractivity contribution in [2.75, 3.05) is 26.2 Å². The van der Waals surface area contributed by atoms with E-state index in [2.05, 4.69) is 11.0 Å². The maximum absolute atomic E-state index is 11.4. The van der Waals surface area contributed by atoms with Crippen LogP contribution in [0.3, 0.4) is 0 Å². The van der Waals surface area contributed by atoms with Crippen LogP contribution in [0.25, 0.3) is 21.9 Å². The van der Waals surface area contributed by atoms with Crippen LogP contribution >= 0.6 is 0 Å². The van der Waals surface area contributed by atoms with Gasteiger partial charge < -0.3 is 25.6 Å². The summed E-state index contributed by atoms with van der Waals surface area (Å²) in [6, 6.07) is 19.2. The number of piperidine rings is 1. The number of carbonyl (C=O) groups excluding carboxylic acids is 1. The van der Waals surface area contributed by atoms with Gasteiger partial charge in [-0.2, -0.15) is 0 Å². The molecule has 1 atom stereocenters. The highest BCUT2D eigenvalue weighted by atomic mass is 16.5. The molecule has 31 heavy (non-hydrogen) atoms. The molecule has 0 aliphatic carbocycles. The molecule has 6 heteroatoms. The fraction of sp³-hybridized carbons (Fsp3) is 0.320. The number of aliphatic hydroxyl groups excluding tert-OH is 2. The number of carbonyl (C=O) groups is 1. The molecule has 1 aliphatic heterocycles. The Morgan fingerprint density at radius 2 is 1.81 bits per heavy atom. The zero-order valence-electron chi connectivity index (χ0n) is 17.4. The number of nitrogens with zero attached hydrogens (tertiary/aromatic N) is 1. The molecule has 0 radical (unpaired) electrons. The smallest absolute Gasteiger partial charge is 0.248 e. The van der Waals surface area contributed by atoms with E-state index in [0.717, 1.165) is 47.8 Å². The number of ether oxygens (including phenoxy) is 1. The van der Waals surface area contributed by atoms with Crippen LogP contribution in [-0.2, 0) is 0 Å². The average Bonchev–Trinajstić information content (AvgIpc) is 2.79. The summed E-state index contributed by atoms with van der Waals surface area (Å²) in [5.74, 6) is 0.228. The van der Waals surface area contributed by atoms with Gasteiger partial charge in [-0.05, 0) is 59.0 Å². The molecule has 0 saturated carbocycles. The Bertz CT molecular complexity index is 1040. The van der Waals surface area contributed by atoms with Crippen molar-refractivity contribution >= 4 is 16.7 Å². The molecule has 1 amide bonds. The minimum atomic E-state index is -0.611. The maximum Gasteiger partial charge on any atom is 0.248 e. The van der Waals surface area contributed by atoms with Crippen LogP contribution in [0.15, 0.2) is 60.7 Å². The molecule has 6 nitrogen and oxygen atoms in total. The molecule has 4 N–H and O–H groups in total. The summed E-state index contributed by atoms with van der Waals surface area (Å²) >= 11 is 0. The van der Waals surface area contributed by atoms with Gasteiger partial charge in [0.15, 0.2) is 0 Å². The second-order valence-corrected chi connectivity index (χ2v) is 8.13. The fourth-order valence-corrected chi connectivity index (χ4v) is 4.06. The van der Waals surface area contributed by atoms with Crippen molar-refractivity contribution in [1.29, 1.82) is 0 Å². The Morgan fingerprint density at radius 3 is 2.52 bits per heavy atom. The van der Waals surface area contributed by atoms with Crippen LogP contribution in [0.2, 0.25) is 0 Å². The number of hydrogen-bond acceptors (Lipinski definition) is 5. The summed E-state index contributed by atoms with van der Waals surface area (Å²) in [5, 5.41) is 22.2. The van der Waals surface area contributed by atoms with Crippen molar-refractivity contribution < 1.29 is 19.7 Å². The second kappa shape index (κ2) is 9.47. The van der Waals surface area contributed by atoms with Crippen LogP contribution in [0, 0.1) is 0 Å². The summed E-state index contributed by atoms with van der Waals surface area (Å²) < 4.78 is 5.96. The lowest BCUT2D eigenvalue weighted by atomic mass is 9.97. The predicted octanol–water partition coefficient (Wildman–Crippen LogP) is 2.80. The highest BCUT2D eigenvalue weighted by Crippen LogP contribution is 2.33. The van der Waals surface area contributed by atoms with Crippen LogP contribution in [-0.4, -0.2) is 59.5 Å². The number of likely N-dealkylation sites (tertiary alicyclic amines) is 1. The quantitative estimate of drug-likeness (QED) is 0.546. The molecule has 1 heterocycles. The third kappa shape index (κ3) is 5.22. The molecule has 3 aromatic carbocycles.